The average Bonchev–Trinajstić information content (AvgIpc) is 2.36. The van der Waals surface area contributed by atoms with Gasteiger partial charge < -0.3 is 15.2 Å². The third-order valence-corrected chi connectivity index (χ3v) is 3.71. The molecule has 0 bridgehead atoms. The SMILES string of the molecule is CCCOC1C(N)CC1OCc1ccc(Br)cc1. The van der Waals surface area contributed by atoms with Crippen LogP contribution in [0, 0.1) is 0 Å². The summed E-state index contributed by atoms with van der Waals surface area (Å²) in [6, 6.07) is 8.30. The topological polar surface area (TPSA) is 44.5 Å². The summed E-state index contributed by atoms with van der Waals surface area (Å²) in [5.41, 5.74) is 7.11. The molecule has 0 heterocycles. The third kappa shape index (κ3) is 3.54. The van der Waals surface area contributed by atoms with Crippen LogP contribution < -0.4 is 5.73 Å². The van der Waals surface area contributed by atoms with Crippen molar-refractivity contribution in [1.29, 1.82) is 0 Å². The van der Waals surface area contributed by atoms with Gasteiger partial charge in [-0.05, 0) is 30.5 Å². The lowest BCUT2D eigenvalue weighted by molar-refractivity contribution is -0.144. The van der Waals surface area contributed by atoms with Crippen molar-refractivity contribution in [3.8, 4) is 0 Å². The molecule has 0 aromatic heterocycles. The first kappa shape index (κ1) is 14.0. The minimum Gasteiger partial charge on any atom is -0.374 e. The number of benzene rings is 1. The summed E-state index contributed by atoms with van der Waals surface area (Å²) in [4.78, 5) is 0. The van der Waals surface area contributed by atoms with Crippen molar-refractivity contribution in [2.45, 2.75) is 44.6 Å². The van der Waals surface area contributed by atoms with E-state index in [0.29, 0.717) is 6.61 Å². The quantitative estimate of drug-likeness (QED) is 0.878. The van der Waals surface area contributed by atoms with Crippen LogP contribution in [0.2, 0.25) is 0 Å². The van der Waals surface area contributed by atoms with Crippen molar-refractivity contribution >= 4 is 15.9 Å². The van der Waals surface area contributed by atoms with Crippen LogP contribution in [0.1, 0.15) is 25.3 Å². The Morgan fingerprint density at radius 2 is 2.00 bits per heavy atom. The summed E-state index contributed by atoms with van der Waals surface area (Å²) >= 11 is 3.42. The van der Waals surface area contributed by atoms with Gasteiger partial charge in [0.2, 0.25) is 0 Å². The molecule has 1 aromatic rings. The number of hydrogen-bond acceptors (Lipinski definition) is 3. The van der Waals surface area contributed by atoms with Crippen molar-refractivity contribution in [3.63, 3.8) is 0 Å². The Morgan fingerprint density at radius 1 is 1.28 bits per heavy atom. The lowest BCUT2D eigenvalue weighted by Gasteiger charge is -2.41. The largest absolute Gasteiger partial charge is 0.374 e. The molecule has 3 atom stereocenters. The Bertz CT molecular complexity index is 369. The van der Waals surface area contributed by atoms with Gasteiger partial charge in [0.05, 0.1) is 18.8 Å². The monoisotopic (exact) mass is 313 g/mol. The highest BCUT2D eigenvalue weighted by Gasteiger charge is 2.40. The van der Waals surface area contributed by atoms with E-state index < -0.39 is 0 Å². The Kier molecular flexibility index (Phi) is 5.18. The highest BCUT2D eigenvalue weighted by molar-refractivity contribution is 9.10. The van der Waals surface area contributed by atoms with E-state index in [1.165, 1.54) is 5.56 Å². The summed E-state index contributed by atoms with van der Waals surface area (Å²) < 4.78 is 12.7. The standard InChI is InChI=1S/C14H20BrNO2/c1-2-7-17-14-12(16)8-13(14)18-9-10-3-5-11(15)6-4-10/h3-6,12-14H,2,7-9,16H2,1H3. The number of hydrogen-bond donors (Lipinski definition) is 1. The molecule has 3 unspecified atom stereocenters. The molecule has 100 valence electrons. The van der Waals surface area contributed by atoms with Gasteiger partial charge in [0, 0.05) is 17.1 Å². The summed E-state index contributed by atoms with van der Waals surface area (Å²) in [5.74, 6) is 0. The van der Waals surface area contributed by atoms with E-state index in [2.05, 4.69) is 35.0 Å². The minimum absolute atomic E-state index is 0.0698. The van der Waals surface area contributed by atoms with Gasteiger partial charge in [-0.25, -0.2) is 0 Å². The zero-order valence-corrected chi connectivity index (χ0v) is 12.2. The molecule has 1 aromatic carbocycles. The number of rotatable bonds is 6. The van der Waals surface area contributed by atoms with Gasteiger partial charge in [0.25, 0.3) is 0 Å². The van der Waals surface area contributed by atoms with E-state index in [1.807, 2.05) is 12.1 Å². The van der Waals surface area contributed by atoms with Gasteiger partial charge in [0.15, 0.2) is 0 Å². The lowest BCUT2D eigenvalue weighted by atomic mass is 9.86. The first-order chi connectivity index (χ1) is 8.70. The maximum Gasteiger partial charge on any atom is 0.0988 e. The smallest absolute Gasteiger partial charge is 0.0988 e. The minimum atomic E-state index is 0.0698. The number of halogens is 1. The average molecular weight is 314 g/mol. The molecule has 0 amide bonds. The highest BCUT2D eigenvalue weighted by atomic mass is 79.9. The molecule has 18 heavy (non-hydrogen) atoms. The van der Waals surface area contributed by atoms with Gasteiger partial charge in [-0.3, -0.25) is 0 Å². The molecule has 0 spiro atoms. The molecule has 0 saturated heterocycles. The summed E-state index contributed by atoms with van der Waals surface area (Å²) in [5, 5.41) is 0. The second kappa shape index (κ2) is 6.66. The summed E-state index contributed by atoms with van der Waals surface area (Å²) in [6.45, 7) is 3.48. The Hall–Kier alpha value is -0.420. The van der Waals surface area contributed by atoms with Crippen molar-refractivity contribution < 1.29 is 9.47 Å². The normalized spacial score (nSPS) is 26.9. The maximum absolute atomic E-state index is 5.93. The van der Waals surface area contributed by atoms with Gasteiger partial charge in [-0.1, -0.05) is 35.0 Å². The highest BCUT2D eigenvalue weighted by Crippen LogP contribution is 2.27. The molecule has 2 N–H and O–H groups in total. The first-order valence-corrected chi connectivity index (χ1v) is 7.23. The molecule has 1 saturated carbocycles. The second-order valence-corrected chi connectivity index (χ2v) is 5.63. The van der Waals surface area contributed by atoms with Gasteiger partial charge in [0.1, 0.15) is 0 Å². The van der Waals surface area contributed by atoms with Crippen LogP contribution in [0.3, 0.4) is 0 Å². The molecule has 0 aliphatic heterocycles. The van der Waals surface area contributed by atoms with Crippen molar-refractivity contribution in [3.05, 3.63) is 34.3 Å². The predicted molar refractivity (Wildman–Crippen MR) is 75.3 cm³/mol. The van der Waals surface area contributed by atoms with E-state index >= 15 is 0 Å². The zero-order chi connectivity index (χ0) is 13.0. The van der Waals surface area contributed by atoms with Crippen molar-refractivity contribution in [2.24, 2.45) is 5.73 Å². The fourth-order valence-electron chi connectivity index (χ4n) is 2.05. The first-order valence-electron chi connectivity index (χ1n) is 6.44. The summed E-state index contributed by atoms with van der Waals surface area (Å²) in [7, 11) is 0. The molecule has 1 fully saturated rings. The fraction of sp³-hybridized carbons (Fsp3) is 0.571. The lowest BCUT2D eigenvalue weighted by Crippen LogP contribution is -2.58. The van der Waals surface area contributed by atoms with E-state index in [1.54, 1.807) is 0 Å². The van der Waals surface area contributed by atoms with Gasteiger partial charge >= 0.3 is 0 Å². The predicted octanol–water partition coefficient (Wildman–Crippen LogP) is 2.86. The second-order valence-electron chi connectivity index (χ2n) is 4.71. The fourth-order valence-corrected chi connectivity index (χ4v) is 2.31. The third-order valence-electron chi connectivity index (χ3n) is 3.18. The van der Waals surface area contributed by atoms with Gasteiger partial charge in [-0.15, -0.1) is 0 Å². The van der Waals surface area contributed by atoms with Crippen LogP contribution in [0.25, 0.3) is 0 Å². The van der Waals surface area contributed by atoms with Crippen LogP contribution >= 0.6 is 15.9 Å². The number of nitrogens with two attached hydrogens (primary N) is 1. The molecule has 1 aliphatic carbocycles. The van der Waals surface area contributed by atoms with Crippen LogP contribution in [-0.2, 0) is 16.1 Å². The van der Waals surface area contributed by atoms with Gasteiger partial charge in [-0.2, -0.15) is 0 Å². The molecule has 3 nitrogen and oxygen atoms in total. The molecular formula is C14H20BrNO2. The molecule has 1 aliphatic rings. The molecule has 4 heteroatoms. The van der Waals surface area contributed by atoms with E-state index in [9.17, 15) is 0 Å². The Balaban J connectivity index is 1.78. The Labute approximate surface area is 117 Å². The van der Waals surface area contributed by atoms with Crippen LogP contribution in [0.15, 0.2) is 28.7 Å². The van der Waals surface area contributed by atoms with E-state index in [-0.39, 0.29) is 18.2 Å². The molecule has 2 rings (SSSR count). The van der Waals surface area contributed by atoms with Crippen LogP contribution in [-0.4, -0.2) is 24.9 Å². The van der Waals surface area contributed by atoms with Crippen LogP contribution in [0.5, 0.6) is 0 Å². The Morgan fingerprint density at radius 3 is 2.61 bits per heavy atom. The molecular weight excluding hydrogens is 294 g/mol. The van der Waals surface area contributed by atoms with Crippen molar-refractivity contribution in [1.82, 2.24) is 0 Å². The zero-order valence-electron chi connectivity index (χ0n) is 10.6. The van der Waals surface area contributed by atoms with E-state index in [0.717, 1.165) is 23.9 Å². The van der Waals surface area contributed by atoms with Crippen LogP contribution in [0.4, 0.5) is 0 Å². The maximum atomic E-state index is 5.93. The molecule has 0 radical (unpaired) electrons. The number of ether oxygens (including phenoxy) is 2. The van der Waals surface area contributed by atoms with E-state index in [4.69, 9.17) is 15.2 Å². The van der Waals surface area contributed by atoms with Crippen molar-refractivity contribution in [2.75, 3.05) is 6.61 Å². The summed E-state index contributed by atoms with van der Waals surface area (Å²) in [6.07, 6.45) is 2.13.